The summed E-state index contributed by atoms with van der Waals surface area (Å²) in [4.78, 5) is 6.97. The van der Waals surface area contributed by atoms with Gasteiger partial charge in [-0.3, -0.25) is 5.32 Å². The highest BCUT2D eigenvalue weighted by molar-refractivity contribution is 5.96. The lowest BCUT2D eigenvalue weighted by Crippen LogP contribution is -2.38. The Labute approximate surface area is 76.3 Å². The van der Waals surface area contributed by atoms with Crippen molar-refractivity contribution in [3.8, 4) is 0 Å². The molecule has 5 nitrogen and oxygen atoms in total. The van der Waals surface area contributed by atoms with Crippen LogP contribution in [0, 0.1) is 0 Å². The van der Waals surface area contributed by atoms with Crippen molar-refractivity contribution in [3.63, 3.8) is 0 Å². The van der Waals surface area contributed by atoms with Gasteiger partial charge in [0.15, 0.2) is 5.84 Å². The number of alkyl halides is 3. The van der Waals surface area contributed by atoms with E-state index in [1.165, 1.54) is 12.3 Å². The van der Waals surface area contributed by atoms with Crippen LogP contribution < -0.4 is 5.32 Å². The van der Waals surface area contributed by atoms with Crippen LogP contribution in [0.3, 0.4) is 0 Å². The van der Waals surface area contributed by atoms with Crippen molar-refractivity contribution in [1.82, 2.24) is 15.3 Å². The minimum Gasteiger partial charge on any atom is -0.409 e. The maximum atomic E-state index is 11.8. The molecule has 0 aliphatic carbocycles. The molecule has 1 aromatic rings. The summed E-state index contributed by atoms with van der Waals surface area (Å²) in [6.45, 7) is 0. The third-order valence-corrected chi connectivity index (χ3v) is 1.18. The van der Waals surface area contributed by atoms with Crippen molar-refractivity contribution in [2.45, 2.75) is 6.30 Å². The second-order valence-electron chi connectivity index (χ2n) is 2.17. The Bertz CT molecular complexity index is 324. The zero-order valence-corrected chi connectivity index (χ0v) is 6.65. The van der Waals surface area contributed by atoms with E-state index in [4.69, 9.17) is 5.21 Å². The van der Waals surface area contributed by atoms with Gasteiger partial charge in [-0.15, -0.1) is 0 Å². The van der Waals surface area contributed by atoms with Crippen molar-refractivity contribution in [2.75, 3.05) is 0 Å². The van der Waals surface area contributed by atoms with Crippen LogP contribution in [-0.2, 0) is 0 Å². The lowest BCUT2D eigenvalue weighted by Gasteiger charge is -2.09. The second-order valence-corrected chi connectivity index (χ2v) is 2.17. The Kier molecular flexibility index (Phi) is 2.85. The van der Waals surface area contributed by atoms with Crippen LogP contribution in [0.2, 0.25) is 0 Å². The Balaban J connectivity index is 2.85. The maximum Gasteiger partial charge on any atom is 0.483 e. The first-order valence-electron chi connectivity index (χ1n) is 3.36. The van der Waals surface area contributed by atoms with Gasteiger partial charge < -0.3 is 5.21 Å². The van der Waals surface area contributed by atoms with E-state index < -0.39 is 12.1 Å². The molecule has 8 heteroatoms. The summed E-state index contributed by atoms with van der Waals surface area (Å²) < 4.78 is 35.5. The number of hydrogen-bond acceptors (Lipinski definition) is 4. The van der Waals surface area contributed by atoms with Gasteiger partial charge in [-0.2, -0.15) is 13.2 Å². The van der Waals surface area contributed by atoms with Crippen molar-refractivity contribution in [2.24, 2.45) is 5.16 Å². The van der Waals surface area contributed by atoms with E-state index in [0.717, 1.165) is 11.6 Å². The summed E-state index contributed by atoms with van der Waals surface area (Å²) in [5.41, 5.74) is -0.153. The van der Waals surface area contributed by atoms with E-state index in [1.807, 2.05) is 0 Å². The predicted octanol–water partition coefficient (Wildman–Crippen LogP) is 0.722. The van der Waals surface area contributed by atoms with Crippen LogP contribution in [0.15, 0.2) is 23.7 Å². The first-order chi connectivity index (χ1) is 6.53. The van der Waals surface area contributed by atoms with Crippen molar-refractivity contribution in [3.05, 3.63) is 24.3 Å². The molecule has 0 spiro atoms. The Morgan fingerprint density at radius 2 is 2.21 bits per heavy atom. The Morgan fingerprint density at radius 3 is 2.64 bits per heavy atom. The fraction of sp³-hybridized carbons (Fsp3) is 0.167. The van der Waals surface area contributed by atoms with Gasteiger partial charge in [0.2, 0.25) is 0 Å². The van der Waals surface area contributed by atoms with Crippen LogP contribution in [0.1, 0.15) is 5.69 Å². The van der Waals surface area contributed by atoms with E-state index >= 15 is 0 Å². The average Bonchev–Trinajstić information content (AvgIpc) is 2.14. The third kappa shape index (κ3) is 2.88. The van der Waals surface area contributed by atoms with E-state index in [0.29, 0.717) is 0 Å². The quantitative estimate of drug-likeness (QED) is 0.233. The first kappa shape index (κ1) is 10.2. The summed E-state index contributed by atoms with van der Waals surface area (Å²) in [6, 6.07) is 1.17. The number of aromatic nitrogens is 2. The molecule has 2 N–H and O–H groups in total. The number of oxime groups is 1. The topological polar surface area (TPSA) is 70.4 Å². The van der Waals surface area contributed by atoms with Crippen molar-refractivity contribution < 1.29 is 18.4 Å². The monoisotopic (exact) mass is 206 g/mol. The summed E-state index contributed by atoms with van der Waals surface area (Å²) >= 11 is 0. The molecular formula is C6H5F3N4O. The molecule has 1 rings (SSSR count). The van der Waals surface area contributed by atoms with Crippen LogP contribution in [0.5, 0.6) is 0 Å². The average molecular weight is 206 g/mol. The molecule has 0 unspecified atom stereocenters. The highest BCUT2D eigenvalue weighted by Gasteiger charge is 2.30. The zero-order valence-electron chi connectivity index (χ0n) is 6.65. The SMILES string of the molecule is ON=C(NC(F)(F)F)c1ccncn1. The molecule has 14 heavy (non-hydrogen) atoms. The van der Waals surface area contributed by atoms with E-state index in [2.05, 4.69) is 15.1 Å². The van der Waals surface area contributed by atoms with Gasteiger partial charge in [0.1, 0.15) is 12.0 Å². The molecule has 1 heterocycles. The smallest absolute Gasteiger partial charge is 0.409 e. The van der Waals surface area contributed by atoms with Gasteiger partial charge in [0, 0.05) is 6.20 Å². The summed E-state index contributed by atoms with van der Waals surface area (Å²) in [5.74, 6) is -0.778. The fourth-order valence-corrected chi connectivity index (χ4v) is 0.705. The summed E-state index contributed by atoms with van der Waals surface area (Å²) in [5, 5.41) is 11.8. The number of nitrogens with one attached hydrogen (secondary N) is 1. The largest absolute Gasteiger partial charge is 0.483 e. The number of hydrogen-bond donors (Lipinski definition) is 2. The molecular weight excluding hydrogens is 201 g/mol. The molecule has 76 valence electrons. The van der Waals surface area contributed by atoms with Gasteiger partial charge in [-0.1, -0.05) is 5.16 Å². The maximum absolute atomic E-state index is 11.8. The Hall–Kier alpha value is -1.86. The lowest BCUT2D eigenvalue weighted by atomic mass is 10.4. The molecule has 0 amide bonds. The minimum atomic E-state index is -4.67. The standard InChI is InChI=1S/C6H5F3N4O/c7-6(8,9)12-5(13-14)4-1-2-10-3-11-4/h1-3,14H,(H,12,13). The number of rotatable bonds is 1. The molecule has 0 aliphatic rings. The predicted molar refractivity (Wildman–Crippen MR) is 39.5 cm³/mol. The third-order valence-electron chi connectivity index (χ3n) is 1.18. The molecule has 0 saturated heterocycles. The summed E-state index contributed by atoms with van der Waals surface area (Å²) in [6.07, 6.45) is -2.41. The molecule has 0 radical (unpaired) electrons. The molecule has 0 saturated carbocycles. The first-order valence-corrected chi connectivity index (χ1v) is 3.36. The van der Waals surface area contributed by atoms with Crippen molar-refractivity contribution >= 4 is 5.84 Å². The molecule has 0 bridgehead atoms. The Morgan fingerprint density at radius 1 is 1.50 bits per heavy atom. The normalized spacial score (nSPS) is 12.6. The van der Waals surface area contributed by atoms with Gasteiger partial charge in [-0.05, 0) is 6.07 Å². The molecule has 0 aromatic carbocycles. The number of halogens is 3. The van der Waals surface area contributed by atoms with Crippen LogP contribution >= 0.6 is 0 Å². The van der Waals surface area contributed by atoms with Gasteiger partial charge in [0.25, 0.3) is 0 Å². The molecule has 1 aromatic heterocycles. The van der Waals surface area contributed by atoms with E-state index in [9.17, 15) is 13.2 Å². The van der Waals surface area contributed by atoms with Crippen LogP contribution in [0.25, 0.3) is 0 Å². The van der Waals surface area contributed by atoms with E-state index in [-0.39, 0.29) is 5.69 Å². The fourth-order valence-electron chi connectivity index (χ4n) is 0.705. The van der Waals surface area contributed by atoms with Crippen molar-refractivity contribution in [1.29, 1.82) is 0 Å². The molecule has 0 aliphatic heterocycles. The van der Waals surface area contributed by atoms with Crippen LogP contribution in [-0.4, -0.2) is 27.3 Å². The molecule has 0 fully saturated rings. The highest BCUT2D eigenvalue weighted by Crippen LogP contribution is 2.10. The number of amidine groups is 1. The second kappa shape index (κ2) is 3.90. The van der Waals surface area contributed by atoms with Gasteiger partial charge >= 0.3 is 6.30 Å². The zero-order chi connectivity index (χ0) is 10.6. The lowest BCUT2D eigenvalue weighted by molar-refractivity contribution is -0.142. The van der Waals surface area contributed by atoms with Gasteiger partial charge in [0.05, 0.1) is 0 Å². The highest BCUT2D eigenvalue weighted by atomic mass is 19.4. The summed E-state index contributed by atoms with van der Waals surface area (Å²) in [7, 11) is 0. The van der Waals surface area contributed by atoms with Crippen LogP contribution in [0.4, 0.5) is 13.2 Å². The van der Waals surface area contributed by atoms with E-state index in [1.54, 1.807) is 0 Å². The minimum absolute atomic E-state index is 0.153. The van der Waals surface area contributed by atoms with Gasteiger partial charge in [-0.25, -0.2) is 9.97 Å². The molecule has 0 atom stereocenters. The number of nitrogens with zero attached hydrogens (tertiary/aromatic N) is 3.